The molecule has 1 rings (SSSR count). The molecule has 0 saturated carbocycles. The molecule has 0 aliphatic rings. The van der Waals surface area contributed by atoms with E-state index in [-0.39, 0.29) is 5.41 Å². The van der Waals surface area contributed by atoms with Gasteiger partial charge in [-0.15, -0.1) is 0 Å². The van der Waals surface area contributed by atoms with Crippen molar-refractivity contribution in [3.63, 3.8) is 0 Å². The van der Waals surface area contributed by atoms with Crippen LogP contribution in [0.1, 0.15) is 40.4 Å². The number of likely N-dealkylation sites (N-methyl/N-ethyl adjacent to an activating group) is 1. The lowest BCUT2D eigenvalue weighted by Crippen LogP contribution is -2.37. The van der Waals surface area contributed by atoms with E-state index in [1.54, 1.807) is 13.8 Å². The molecular formula is C13H22BrN3O. The lowest BCUT2D eigenvalue weighted by Gasteiger charge is -2.27. The van der Waals surface area contributed by atoms with Crippen LogP contribution in [0.25, 0.3) is 0 Å². The maximum Gasteiger partial charge on any atom is 0.137 e. The monoisotopic (exact) mass is 315 g/mol. The summed E-state index contributed by atoms with van der Waals surface area (Å²) in [5.41, 5.74) is -0.859. The van der Waals surface area contributed by atoms with Crippen molar-refractivity contribution in [1.29, 1.82) is 0 Å². The third-order valence-electron chi connectivity index (χ3n) is 2.37. The van der Waals surface area contributed by atoms with Crippen LogP contribution < -0.4 is 4.90 Å². The van der Waals surface area contributed by atoms with Crippen LogP contribution >= 0.6 is 15.9 Å². The van der Waals surface area contributed by atoms with Crippen molar-refractivity contribution in [2.75, 3.05) is 18.5 Å². The molecule has 1 aromatic rings. The summed E-state index contributed by atoms with van der Waals surface area (Å²) >= 11 is 3.41. The molecule has 0 aromatic carbocycles. The van der Waals surface area contributed by atoms with Crippen LogP contribution in [0.15, 0.2) is 10.7 Å². The minimum atomic E-state index is -0.756. The molecule has 0 spiro atoms. The van der Waals surface area contributed by atoms with Crippen LogP contribution in [0.5, 0.6) is 0 Å². The third-order valence-corrected chi connectivity index (χ3v) is 2.77. The minimum Gasteiger partial charge on any atom is -0.389 e. The maximum atomic E-state index is 9.85. The smallest absolute Gasteiger partial charge is 0.137 e. The fourth-order valence-corrected chi connectivity index (χ4v) is 1.97. The second-order valence-electron chi connectivity index (χ2n) is 6.29. The number of anilines is 1. The van der Waals surface area contributed by atoms with E-state index in [0.29, 0.717) is 6.54 Å². The van der Waals surface area contributed by atoms with Gasteiger partial charge >= 0.3 is 0 Å². The zero-order chi connectivity index (χ0) is 14.1. The van der Waals surface area contributed by atoms with Crippen molar-refractivity contribution in [2.45, 2.75) is 45.6 Å². The Morgan fingerprint density at radius 3 is 2.22 bits per heavy atom. The van der Waals surface area contributed by atoms with Gasteiger partial charge < -0.3 is 10.0 Å². The van der Waals surface area contributed by atoms with Crippen molar-refractivity contribution in [3.8, 4) is 0 Å². The molecule has 0 radical (unpaired) electrons. The van der Waals surface area contributed by atoms with Gasteiger partial charge in [0.05, 0.1) is 5.60 Å². The number of halogens is 1. The van der Waals surface area contributed by atoms with Gasteiger partial charge in [-0.05, 0) is 29.8 Å². The first-order valence-electron chi connectivity index (χ1n) is 5.97. The molecule has 1 aromatic heterocycles. The Balaban J connectivity index is 3.07. The molecule has 0 amide bonds. The summed E-state index contributed by atoms with van der Waals surface area (Å²) in [5, 5.41) is 9.85. The molecule has 0 aliphatic heterocycles. The Labute approximate surface area is 118 Å². The molecule has 1 N–H and O–H groups in total. The lowest BCUT2D eigenvalue weighted by atomic mass is 9.96. The molecule has 5 heteroatoms. The minimum absolute atomic E-state index is 0.103. The normalized spacial score (nSPS) is 12.7. The predicted molar refractivity (Wildman–Crippen MR) is 78.0 cm³/mol. The van der Waals surface area contributed by atoms with E-state index in [9.17, 15) is 5.11 Å². The highest BCUT2D eigenvalue weighted by Crippen LogP contribution is 2.24. The van der Waals surface area contributed by atoms with Gasteiger partial charge in [-0.3, -0.25) is 0 Å². The van der Waals surface area contributed by atoms with Crippen LogP contribution in [0, 0.1) is 0 Å². The van der Waals surface area contributed by atoms with E-state index < -0.39 is 5.60 Å². The molecular weight excluding hydrogens is 294 g/mol. The Kier molecular flexibility index (Phi) is 4.38. The standard InChI is InChI=1S/C13H22BrN3O/c1-12(2,3)11-15-9(14)7-10(16-11)17(6)8-13(4,5)18/h7,18H,8H2,1-6H3. The van der Waals surface area contributed by atoms with Crippen LogP contribution in [-0.2, 0) is 5.41 Å². The zero-order valence-corrected chi connectivity index (χ0v) is 13.5. The van der Waals surface area contributed by atoms with Gasteiger partial charge in [-0.25, -0.2) is 9.97 Å². The van der Waals surface area contributed by atoms with Crippen molar-refractivity contribution in [2.24, 2.45) is 0 Å². The molecule has 0 bridgehead atoms. The summed E-state index contributed by atoms with van der Waals surface area (Å²) in [6.45, 7) is 10.3. The molecule has 4 nitrogen and oxygen atoms in total. The number of aromatic nitrogens is 2. The number of hydrogen-bond donors (Lipinski definition) is 1. The summed E-state index contributed by atoms with van der Waals surface area (Å²) in [6.07, 6.45) is 0. The van der Waals surface area contributed by atoms with Crippen LogP contribution in [0.2, 0.25) is 0 Å². The first kappa shape index (κ1) is 15.4. The molecule has 102 valence electrons. The Morgan fingerprint density at radius 2 is 1.78 bits per heavy atom. The van der Waals surface area contributed by atoms with Gasteiger partial charge in [0.15, 0.2) is 0 Å². The average molecular weight is 316 g/mol. The van der Waals surface area contributed by atoms with Gasteiger partial charge in [0.1, 0.15) is 16.2 Å². The quantitative estimate of drug-likeness (QED) is 0.871. The van der Waals surface area contributed by atoms with Crippen LogP contribution in [0.4, 0.5) is 5.82 Å². The molecule has 0 fully saturated rings. The average Bonchev–Trinajstić information content (AvgIpc) is 2.12. The first-order chi connectivity index (χ1) is 7.99. The Bertz CT molecular complexity index is 421. The summed E-state index contributed by atoms with van der Waals surface area (Å²) in [6, 6.07) is 1.86. The molecule has 0 unspecified atom stereocenters. The van der Waals surface area contributed by atoms with Gasteiger partial charge in [0.2, 0.25) is 0 Å². The van der Waals surface area contributed by atoms with Gasteiger partial charge in [0.25, 0.3) is 0 Å². The third kappa shape index (κ3) is 4.53. The van der Waals surface area contributed by atoms with Gasteiger partial charge in [-0.1, -0.05) is 20.8 Å². The Morgan fingerprint density at radius 1 is 1.22 bits per heavy atom. The topological polar surface area (TPSA) is 49.2 Å². The Hall–Kier alpha value is -0.680. The van der Waals surface area contributed by atoms with Crippen LogP contribution in [0.3, 0.4) is 0 Å². The number of aliphatic hydroxyl groups is 1. The fourth-order valence-electron chi connectivity index (χ4n) is 1.60. The van der Waals surface area contributed by atoms with Crippen molar-refractivity contribution in [3.05, 3.63) is 16.5 Å². The summed E-state index contributed by atoms with van der Waals surface area (Å²) in [4.78, 5) is 10.9. The molecule has 0 saturated heterocycles. The van der Waals surface area contributed by atoms with E-state index in [0.717, 1.165) is 16.2 Å². The van der Waals surface area contributed by atoms with E-state index in [1.807, 2.05) is 18.0 Å². The van der Waals surface area contributed by atoms with Crippen molar-refractivity contribution >= 4 is 21.7 Å². The molecule has 18 heavy (non-hydrogen) atoms. The number of hydrogen-bond acceptors (Lipinski definition) is 4. The zero-order valence-electron chi connectivity index (χ0n) is 12.0. The largest absolute Gasteiger partial charge is 0.389 e. The molecule has 1 heterocycles. The predicted octanol–water partition coefficient (Wildman–Crippen LogP) is 2.74. The highest BCUT2D eigenvalue weighted by Gasteiger charge is 2.21. The van der Waals surface area contributed by atoms with Crippen LogP contribution in [-0.4, -0.2) is 34.3 Å². The molecule has 0 atom stereocenters. The summed E-state index contributed by atoms with van der Waals surface area (Å²) < 4.78 is 0.764. The van der Waals surface area contributed by atoms with E-state index >= 15 is 0 Å². The molecule has 0 aliphatic carbocycles. The van der Waals surface area contributed by atoms with E-state index in [4.69, 9.17) is 0 Å². The first-order valence-corrected chi connectivity index (χ1v) is 6.77. The van der Waals surface area contributed by atoms with Crippen molar-refractivity contribution < 1.29 is 5.11 Å². The van der Waals surface area contributed by atoms with Crippen molar-refractivity contribution in [1.82, 2.24) is 9.97 Å². The summed E-state index contributed by atoms with van der Waals surface area (Å²) in [7, 11) is 1.92. The van der Waals surface area contributed by atoms with E-state index in [1.165, 1.54) is 0 Å². The number of rotatable bonds is 3. The van der Waals surface area contributed by atoms with Gasteiger partial charge in [0, 0.05) is 25.1 Å². The maximum absolute atomic E-state index is 9.85. The SMILES string of the molecule is CN(CC(C)(C)O)c1cc(Br)nc(C(C)(C)C)n1. The summed E-state index contributed by atoms with van der Waals surface area (Å²) in [5.74, 6) is 1.60. The van der Waals surface area contributed by atoms with Gasteiger partial charge in [-0.2, -0.15) is 0 Å². The van der Waals surface area contributed by atoms with E-state index in [2.05, 4.69) is 46.7 Å². The second-order valence-corrected chi connectivity index (χ2v) is 7.10. The lowest BCUT2D eigenvalue weighted by molar-refractivity contribution is 0.0884. The highest BCUT2D eigenvalue weighted by molar-refractivity contribution is 9.10. The second kappa shape index (κ2) is 5.13. The fraction of sp³-hybridized carbons (Fsp3) is 0.692. The number of nitrogens with zero attached hydrogens (tertiary/aromatic N) is 3. The highest BCUT2D eigenvalue weighted by atomic mass is 79.9.